The number of rotatable bonds is 4. The standard InChI is InChI=1S/C14H20N2OS/c1-14(2,3)11-7-5-4-6-10(11)13(17)16-9-8-12(15)18/h4-7H,8-9H2,1-3H3,(H2,15,18)(H,16,17). The lowest BCUT2D eigenvalue weighted by molar-refractivity contribution is 0.0952. The Balaban J connectivity index is 2.83. The minimum atomic E-state index is -0.0724. The van der Waals surface area contributed by atoms with E-state index < -0.39 is 0 Å². The van der Waals surface area contributed by atoms with Crippen LogP contribution in [0.2, 0.25) is 0 Å². The number of benzene rings is 1. The van der Waals surface area contributed by atoms with Gasteiger partial charge in [0.1, 0.15) is 0 Å². The average Bonchev–Trinajstić information content (AvgIpc) is 2.27. The molecule has 3 nitrogen and oxygen atoms in total. The van der Waals surface area contributed by atoms with Crippen LogP contribution in [-0.4, -0.2) is 17.4 Å². The third kappa shape index (κ3) is 4.11. The van der Waals surface area contributed by atoms with Gasteiger partial charge in [0.05, 0.1) is 4.99 Å². The normalized spacial score (nSPS) is 11.1. The first-order chi connectivity index (χ1) is 8.32. The van der Waals surface area contributed by atoms with Crippen molar-refractivity contribution in [1.82, 2.24) is 5.32 Å². The van der Waals surface area contributed by atoms with E-state index in [1.54, 1.807) is 0 Å². The predicted molar refractivity (Wildman–Crippen MR) is 78.9 cm³/mol. The predicted octanol–water partition coefficient (Wildman–Crippen LogP) is 2.39. The monoisotopic (exact) mass is 264 g/mol. The Morgan fingerprint density at radius 2 is 1.94 bits per heavy atom. The molecule has 0 spiro atoms. The number of hydrogen-bond donors (Lipinski definition) is 2. The smallest absolute Gasteiger partial charge is 0.251 e. The molecule has 18 heavy (non-hydrogen) atoms. The van der Waals surface area contributed by atoms with Crippen LogP contribution >= 0.6 is 12.2 Å². The van der Waals surface area contributed by atoms with Gasteiger partial charge in [-0.05, 0) is 17.0 Å². The zero-order valence-corrected chi connectivity index (χ0v) is 11.9. The van der Waals surface area contributed by atoms with Crippen molar-refractivity contribution in [3.63, 3.8) is 0 Å². The van der Waals surface area contributed by atoms with E-state index in [2.05, 4.69) is 26.1 Å². The third-order valence-corrected chi connectivity index (χ3v) is 2.84. The molecule has 0 bridgehead atoms. The fourth-order valence-corrected chi connectivity index (χ4v) is 1.83. The van der Waals surface area contributed by atoms with Gasteiger partial charge in [-0.25, -0.2) is 0 Å². The highest BCUT2D eigenvalue weighted by Gasteiger charge is 2.20. The van der Waals surface area contributed by atoms with Crippen molar-refractivity contribution in [1.29, 1.82) is 0 Å². The summed E-state index contributed by atoms with van der Waals surface area (Å²) in [5, 5.41) is 2.84. The number of carbonyl (C=O) groups is 1. The molecule has 0 radical (unpaired) electrons. The third-order valence-electron chi connectivity index (χ3n) is 2.64. The summed E-state index contributed by atoms with van der Waals surface area (Å²) in [7, 11) is 0. The fraction of sp³-hybridized carbons (Fsp3) is 0.429. The van der Waals surface area contributed by atoms with E-state index in [1.165, 1.54) is 0 Å². The summed E-state index contributed by atoms with van der Waals surface area (Å²) in [6.07, 6.45) is 0.527. The van der Waals surface area contributed by atoms with Gasteiger partial charge in [-0.1, -0.05) is 51.2 Å². The van der Waals surface area contributed by atoms with Crippen molar-refractivity contribution < 1.29 is 4.79 Å². The largest absolute Gasteiger partial charge is 0.393 e. The second kappa shape index (κ2) is 5.96. The van der Waals surface area contributed by atoms with Gasteiger partial charge < -0.3 is 11.1 Å². The molecule has 0 heterocycles. The van der Waals surface area contributed by atoms with Gasteiger partial charge >= 0.3 is 0 Å². The molecule has 98 valence electrons. The molecule has 0 fully saturated rings. The van der Waals surface area contributed by atoms with Crippen molar-refractivity contribution in [2.45, 2.75) is 32.6 Å². The van der Waals surface area contributed by atoms with Gasteiger partial charge in [-0.2, -0.15) is 0 Å². The molecule has 1 rings (SSSR count). The number of carbonyl (C=O) groups excluding carboxylic acids is 1. The SMILES string of the molecule is CC(C)(C)c1ccccc1C(=O)NCCC(N)=S. The molecular formula is C14H20N2OS. The molecule has 1 aromatic carbocycles. The van der Waals surface area contributed by atoms with Gasteiger partial charge in [0.15, 0.2) is 0 Å². The van der Waals surface area contributed by atoms with Crippen LogP contribution in [0.25, 0.3) is 0 Å². The van der Waals surface area contributed by atoms with Gasteiger partial charge in [0.2, 0.25) is 0 Å². The number of nitrogens with two attached hydrogens (primary N) is 1. The van der Waals surface area contributed by atoms with Gasteiger partial charge in [-0.3, -0.25) is 4.79 Å². The van der Waals surface area contributed by atoms with Crippen molar-refractivity contribution in [2.75, 3.05) is 6.54 Å². The van der Waals surface area contributed by atoms with Crippen LogP contribution in [-0.2, 0) is 5.41 Å². The van der Waals surface area contributed by atoms with E-state index in [4.69, 9.17) is 18.0 Å². The molecule has 1 aromatic rings. The maximum Gasteiger partial charge on any atom is 0.251 e. The van der Waals surface area contributed by atoms with Crippen LogP contribution in [0.3, 0.4) is 0 Å². The molecule has 0 aliphatic rings. The topological polar surface area (TPSA) is 55.1 Å². The Morgan fingerprint density at radius 1 is 1.33 bits per heavy atom. The maximum atomic E-state index is 12.1. The molecule has 0 saturated heterocycles. The summed E-state index contributed by atoms with van der Waals surface area (Å²) in [5.41, 5.74) is 7.09. The second-order valence-corrected chi connectivity index (χ2v) is 5.79. The zero-order chi connectivity index (χ0) is 13.8. The molecule has 0 aromatic heterocycles. The molecule has 0 atom stereocenters. The lowest BCUT2D eigenvalue weighted by Gasteiger charge is -2.22. The minimum absolute atomic E-state index is 0.0584. The van der Waals surface area contributed by atoms with Crippen LogP contribution in [0.5, 0.6) is 0 Å². The minimum Gasteiger partial charge on any atom is -0.393 e. The van der Waals surface area contributed by atoms with Crippen molar-refractivity contribution in [3.8, 4) is 0 Å². The Morgan fingerprint density at radius 3 is 2.50 bits per heavy atom. The van der Waals surface area contributed by atoms with E-state index in [0.717, 1.165) is 5.56 Å². The quantitative estimate of drug-likeness (QED) is 0.821. The summed E-state index contributed by atoms with van der Waals surface area (Å²) >= 11 is 4.78. The molecule has 1 amide bonds. The van der Waals surface area contributed by atoms with Crippen LogP contribution in [0.15, 0.2) is 24.3 Å². The summed E-state index contributed by atoms with van der Waals surface area (Å²) in [6.45, 7) is 6.75. The Kier molecular flexibility index (Phi) is 4.84. The number of hydrogen-bond acceptors (Lipinski definition) is 2. The molecule has 0 unspecified atom stereocenters. The summed E-state index contributed by atoms with van der Waals surface area (Å²) in [4.78, 5) is 12.5. The summed E-state index contributed by atoms with van der Waals surface area (Å²) in [6, 6.07) is 7.66. The van der Waals surface area contributed by atoms with Crippen molar-refractivity contribution >= 4 is 23.1 Å². The zero-order valence-electron chi connectivity index (χ0n) is 11.1. The highest BCUT2D eigenvalue weighted by molar-refractivity contribution is 7.80. The van der Waals surface area contributed by atoms with Gasteiger partial charge in [0, 0.05) is 18.5 Å². The lowest BCUT2D eigenvalue weighted by Crippen LogP contribution is -2.29. The van der Waals surface area contributed by atoms with Crippen LogP contribution in [0.4, 0.5) is 0 Å². The number of nitrogens with one attached hydrogen (secondary N) is 1. The van der Waals surface area contributed by atoms with E-state index >= 15 is 0 Å². The first kappa shape index (κ1) is 14.6. The number of amides is 1. The Hall–Kier alpha value is -1.42. The molecule has 4 heteroatoms. The molecule has 0 aliphatic heterocycles. The van der Waals surface area contributed by atoms with E-state index in [9.17, 15) is 4.79 Å². The molecule has 3 N–H and O–H groups in total. The average molecular weight is 264 g/mol. The Labute approximate surface area is 114 Å². The Bertz CT molecular complexity index is 449. The first-order valence-corrected chi connectivity index (χ1v) is 6.39. The van der Waals surface area contributed by atoms with Gasteiger partial charge in [0.25, 0.3) is 5.91 Å². The number of thiocarbonyl (C=S) groups is 1. The first-order valence-electron chi connectivity index (χ1n) is 5.98. The van der Waals surface area contributed by atoms with Crippen LogP contribution in [0.1, 0.15) is 43.1 Å². The highest BCUT2D eigenvalue weighted by Crippen LogP contribution is 2.25. The van der Waals surface area contributed by atoms with Crippen LogP contribution < -0.4 is 11.1 Å². The van der Waals surface area contributed by atoms with Crippen LogP contribution in [0, 0.1) is 0 Å². The molecule has 0 aliphatic carbocycles. The van der Waals surface area contributed by atoms with E-state index in [-0.39, 0.29) is 11.3 Å². The highest BCUT2D eigenvalue weighted by atomic mass is 32.1. The van der Waals surface area contributed by atoms with Gasteiger partial charge in [-0.15, -0.1) is 0 Å². The molecular weight excluding hydrogens is 244 g/mol. The van der Waals surface area contributed by atoms with Crippen molar-refractivity contribution in [3.05, 3.63) is 35.4 Å². The maximum absolute atomic E-state index is 12.1. The van der Waals surface area contributed by atoms with E-state index in [1.807, 2.05) is 24.3 Å². The fourth-order valence-electron chi connectivity index (χ4n) is 1.73. The van der Waals surface area contributed by atoms with E-state index in [0.29, 0.717) is 23.5 Å². The summed E-state index contributed by atoms with van der Waals surface area (Å²) < 4.78 is 0. The summed E-state index contributed by atoms with van der Waals surface area (Å²) in [5.74, 6) is -0.0724. The molecule has 0 saturated carbocycles. The van der Waals surface area contributed by atoms with Crippen molar-refractivity contribution in [2.24, 2.45) is 5.73 Å². The lowest BCUT2D eigenvalue weighted by atomic mass is 9.83. The second-order valence-electron chi connectivity index (χ2n) is 5.27.